The van der Waals surface area contributed by atoms with Gasteiger partial charge >= 0.3 is 5.97 Å². The molecule has 0 N–H and O–H groups in total. The van der Waals surface area contributed by atoms with E-state index in [1.165, 1.54) is 0 Å². The van der Waals surface area contributed by atoms with E-state index in [1.807, 2.05) is 18.7 Å². The van der Waals surface area contributed by atoms with Gasteiger partial charge in [0.2, 0.25) is 0 Å². The lowest BCUT2D eigenvalue weighted by Crippen LogP contribution is -2.49. The van der Waals surface area contributed by atoms with Gasteiger partial charge in [-0.1, -0.05) is 0 Å². The molecule has 1 fully saturated rings. The van der Waals surface area contributed by atoms with Crippen molar-refractivity contribution in [1.29, 1.82) is 0 Å². The Bertz CT molecular complexity index is 987. The smallest absolute Gasteiger partial charge is 0.338 e. The van der Waals surface area contributed by atoms with Crippen LogP contribution in [0.3, 0.4) is 0 Å². The number of esters is 1. The molecule has 2 aliphatic rings. The minimum Gasteiger partial charge on any atom is -0.452 e. The monoisotopic (exact) mass is 383 g/mol. The van der Waals surface area contributed by atoms with Gasteiger partial charge in [0.15, 0.2) is 6.61 Å². The number of ether oxygens (including phenoxy) is 1. The summed E-state index contributed by atoms with van der Waals surface area (Å²) in [4.78, 5) is 43.8. The molecule has 2 aromatic rings. The molecule has 1 aromatic carbocycles. The van der Waals surface area contributed by atoms with Crippen LogP contribution in [0.25, 0.3) is 10.9 Å². The van der Waals surface area contributed by atoms with E-state index < -0.39 is 5.97 Å². The highest BCUT2D eigenvalue weighted by Gasteiger charge is 2.29. The highest BCUT2D eigenvalue weighted by molar-refractivity contribution is 5.95. The van der Waals surface area contributed by atoms with Gasteiger partial charge in [0, 0.05) is 25.0 Å². The van der Waals surface area contributed by atoms with Crippen LogP contribution in [-0.4, -0.2) is 45.0 Å². The van der Waals surface area contributed by atoms with Gasteiger partial charge in [0.25, 0.3) is 11.5 Å². The highest BCUT2D eigenvalue weighted by Crippen LogP contribution is 2.23. The Morgan fingerprint density at radius 2 is 1.93 bits per heavy atom. The first-order valence-electron chi connectivity index (χ1n) is 9.97. The third-order valence-electron chi connectivity index (χ3n) is 5.86. The van der Waals surface area contributed by atoms with E-state index in [2.05, 4.69) is 4.98 Å². The number of hydrogen-bond acceptors (Lipinski definition) is 5. The SMILES string of the molecule is C[C@@H]1CCC[C@H](C)N1C(=O)COC(=O)c1ccc2c(=O)n3c(nc2c1)CCC3. The second kappa shape index (κ2) is 7.37. The van der Waals surface area contributed by atoms with Crippen molar-refractivity contribution in [3.8, 4) is 0 Å². The molecule has 28 heavy (non-hydrogen) atoms. The van der Waals surface area contributed by atoms with Crippen molar-refractivity contribution >= 4 is 22.8 Å². The van der Waals surface area contributed by atoms with E-state index in [0.717, 1.165) is 37.9 Å². The maximum atomic E-state index is 12.5. The number of fused-ring (bicyclic) bond motifs is 2. The second-order valence-electron chi connectivity index (χ2n) is 7.83. The molecule has 2 atom stereocenters. The zero-order chi connectivity index (χ0) is 19.8. The Balaban J connectivity index is 1.49. The predicted molar refractivity (Wildman–Crippen MR) is 104 cm³/mol. The van der Waals surface area contributed by atoms with Crippen molar-refractivity contribution in [1.82, 2.24) is 14.5 Å². The molecule has 1 amide bonds. The van der Waals surface area contributed by atoms with E-state index in [1.54, 1.807) is 22.8 Å². The lowest BCUT2D eigenvalue weighted by molar-refractivity contribution is -0.140. The number of benzene rings is 1. The standard InChI is InChI=1S/C21H25N3O4/c1-13-5-3-6-14(2)24(13)19(25)12-28-21(27)15-8-9-16-17(11-15)22-18-7-4-10-23(18)20(16)26/h8-9,11,13-14H,3-7,10,12H2,1-2H3/t13-,14+. The third kappa shape index (κ3) is 3.30. The molecule has 0 unspecified atom stereocenters. The quantitative estimate of drug-likeness (QED) is 0.760. The molecule has 7 nitrogen and oxygen atoms in total. The molecule has 1 saturated heterocycles. The summed E-state index contributed by atoms with van der Waals surface area (Å²) in [5.74, 6) is 0.0178. The van der Waals surface area contributed by atoms with Crippen molar-refractivity contribution in [2.24, 2.45) is 0 Å². The lowest BCUT2D eigenvalue weighted by Gasteiger charge is -2.38. The Kier molecular flexibility index (Phi) is 4.91. The summed E-state index contributed by atoms with van der Waals surface area (Å²) >= 11 is 0. The molecule has 0 aliphatic carbocycles. The molecular formula is C21H25N3O4. The van der Waals surface area contributed by atoms with Crippen LogP contribution in [0.15, 0.2) is 23.0 Å². The first-order chi connectivity index (χ1) is 13.5. The van der Waals surface area contributed by atoms with Crippen LogP contribution in [0.4, 0.5) is 0 Å². The Morgan fingerprint density at radius 3 is 2.68 bits per heavy atom. The van der Waals surface area contributed by atoms with Crippen molar-refractivity contribution < 1.29 is 14.3 Å². The maximum absolute atomic E-state index is 12.5. The van der Waals surface area contributed by atoms with E-state index in [4.69, 9.17) is 4.74 Å². The van der Waals surface area contributed by atoms with E-state index in [0.29, 0.717) is 23.0 Å². The van der Waals surface area contributed by atoms with Gasteiger partial charge in [0.05, 0.1) is 16.5 Å². The fourth-order valence-corrected chi connectivity index (χ4v) is 4.41. The number of carbonyl (C=O) groups is 2. The summed E-state index contributed by atoms with van der Waals surface area (Å²) in [6, 6.07) is 5.08. The predicted octanol–water partition coefficient (Wildman–Crippen LogP) is 2.29. The molecular weight excluding hydrogens is 358 g/mol. The summed E-state index contributed by atoms with van der Waals surface area (Å²) in [7, 11) is 0. The van der Waals surface area contributed by atoms with E-state index >= 15 is 0 Å². The minimum absolute atomic E-state index is 0.0688. The molecule has 0 spiro atoms. The first kappa shape index (κ1) is 18.7. The Hall–Kier alpha value is -2.70. The normalized spacial score (nSPS) is 21.6. The zero-order valence-corrected chi connectivity index (χ0v) is 16.3. The van der Waals surface area contributed by atoms with Crippen molar-refractivity contribution in [2.45, 2.75) is 64.6 Å². The number of piperidine rings is 1. The number of carbonyl (C=O) groups excluding carboxylic acids is 2. The summed E-state index contributed by atoms with van der Waals surface area (Å²) in [6.45, 7) is 4.48. The van der Waals surface area contributed by atoms with E-state index in [9.17, 15) is 14.4 Å². The molecule has 0 bridgehead atoms. The molecule has 148 valence electrons. The largest absolute Gasteiger partial charge is 0.452 e. The minimum atomic E-state index is -0.574. The van der Waals surface area contributed by atoms with Crippen LogP contribution in [-0.2, 0) is 22.5 Å². The first-order valence-corrected chi connectivity index (χ1v) is 9.97. The lowest BCUT2D eigenvalue weighted by atomic mass is 9.97. The molecule has 2 aliphatic heterocycles. The summed E-state index contributed by atoms with van der Waals surface area (Å²) in [5, 5.41) is 0.495. The van der Waals surface area contributed by atoms with Crippen LogP contribution in [0, 0.1) is 0 Å². The molecule has 7 heteroatoms. The van der Waals surface area contributed by atoms with Crippen LogP contribution >= 0.6 is 0 Å². The number of aryl methyl sites for hydroxylation is 1. The molecule has 0 saturated carbocycles. The number of hydrogen-bond donors (Lipinski definition) is 0. The topological polar surface area (TPSA) is 81.5 Å². The van der Waals surface area contributed by atoms with Crippen molar-refractivity contribution in [3.05, 3.63) is 39.9 Å². The molecule has 0 radical (unpaired) electrons. The zero-order valence-electron chi connectivity index (χ0n) is 16.3. The average molecular weight is 383 g/mol. The van der Waals surface area contributed by atoms with E-state index in [-0.39, 0.29) is 30.2 Å². The second-order valence-corrected chi connectivity index (χ2v) is 7.83. The average Bonchev–Trinajstić information content (AvgIpc) is 3.14. The van der Waals surface area contributed by atoms with Crippen molar-refractivity contribution in [3.63, 3.8) is 0 Å². The number of nitrogens with zero attached hydrogens (tertiary/aromatic N) is 3. The summed E-state index contributed by atoms with van der Waals surface area (Å²) in [6.07, 6.45) is 4.73. The Morgan fingerprint density at radius 1 is 1.18 bits per heavy atom. The number of rotatable bonds is 3. The van der Waals surface area contributed by atoms with Gasteiger partial charge in [-0.05, 0) is 57.7 Å². The summed E-state index contributed by atoms with van der Waals surface area (Å²) in [5.41, 5.74) is 0.729. The van der Waals surface area contributed by atoms with Crippen LogP contribution in [0.2, 0.25) is 0 Å². The number of aromatic nitrogens is 2. The molecule has 3 heterocycles. The number of likely N-dealkylation sites (tertiary alicyclic amines) is 1. The van der Waals surface area contributed by atoms with Crippen LogP contribution in [0.5, 0.6) is 0 Å². The highest BCUT2D eigenvalue weighted by atomic mass is 16.5. The molecule has 4 rings (SSSR count). The van der Waals surface area contributed by atoms with Gasteiger partial charge in [-0.25, -0.2) is 9.78 Å². The summed E-state index contributed by atoms with van der Waals surface area (Å²) < 4.78 is 6.96. The fourth-order valence-electron chi connectivity index (χ4n) is 4.41. The third-order valence-corrected chi connectivity index (χ3v) is 5.86. The molecule has 1 aromatic heterocycles. The van der Waals surface area contributed by atoms with Crippen LogP contribution in [0.1, 0.15) is 55.7 Å². The number of amides is 1. The van der Waals surface area contributed by atoms with Gasteiger partial charge in [-0.2, -0.15) is 0 Å². The van der Waals surface area contributed by atoms with Gasteiger partial charge in [-0.3, -0.25) is 14.2 Å². The van der Waals surface area contributed by atoms with Crippen molar-refractivity contribution in [2.75, 3.05) is 6.61 Å². The maximum Gasteiger partial charge on any atom is 0.338 e. The van der Waals surface area contributed by atoms with Gasteiger partial charge in [-0.15, -0.1) is 0 Å². The van der Waals surface area contributed by atoms with Crippen LogP contribution < -0.4 is 5.56 Å². The Labute approximate surface area is 163 Å². The van der Waals surface area contributed by atoms with Gasteiger partial charge in [0.1, 0.15) is 5.82 Å². The van der Waals surface area contributed by atoms with Gasteiger partial charge < -0.3 is 9.64 Å². The fraction of sp³-hybridized carbons (Fsp3) is 0.524.